The van der Waals surface area contributed by atoms with Crippen LogP contribution in [0, 0.1) is 5.82 Å². The lowest BCUT2D eigenvalue weighted by atomic mass is 10.2. The molecule has 0 aliphatic carbocycles. The second-order valence-electron chi connectivity index (χ2n) is 3.68. The monoisotopic (exact) mass is 308 g/mol. The van der Waals surface area contributed by atoms with Crippen LogP contribution in [0.15, 0.2) is 47.2 Å². The van der Waals surface area contributed by atoms with Gasteiger partial charge in [-0.2, -0.15) is 0 Å². The van der Waals surface area contributed by atoms with Gasteiger partial charge in [0, 0.05) is 13.2 Å². The van der Waals surface area contributed by atoms with Crippen molar-refractivity contribution >= 4 is 27.5 Å². The quantitative estimate of drug-likeness (QED) is 0.853. The second kappa shape index (κ2) is 5.27. The van der Waals surface area contributed by atoms with Gasteiger partial charge in [-0.1, -0.05) is 6.07 Å². The Morgan fingerprint density at radius 2 is 2.11 bits per heavy atom. The SMILES string of the molecule is CN(C(=O)c1cccc(F)c1Br)c1cccnc1. The molecule has 1 heterocycles. The number of amides is 1. The number of hydrogen-bond donors (Lipinski definition) is 0. The molecule has 0 saturated carbocycles. The third-order valence-corrected chi connectivity index (χ3v) is 3.33. The van der Waals surface area contributed by atoms with Gasteiger partial charge in [-0.15, -0.1) is 0 Å². The van der Waals surface area contributed by atoms with Gasteiger partial charge in [0.05, 0.1) is 21.9 Å². The first-order valence-corrected chi connectivity index (χ1v) is 6.02. The summed E-state index contributed by atoms with van der Waals surface area (Å²) < 4.78 is 13.5. The molecule has 0 atom stereocenters. The Morgan fingerprint density at radius 1 is 1.33 bits per heavy atom. The number of nitrogens with zero attached hydrogens (tertiary/aromatic N) is 2. The molecule has 0 aliphatic rings. The molecule has 5 heteroatoms. The van der Waals surface area contributed by atoms with Crippen molar-refractivity contribution in [1.29, 1.82) is 0 Å². The summed E-state index contributed by atoms with van der Waals surface area (Å²) >= 11 is 3.08. The molecule has 0 aliphatic heterocycles. The highest BCUT2D eigenvalue weighted by molar-refractivity contribution is 9.10. The fourth-order valence-corrected chi connectivity index (χ4v) is 1.95. The zero-order valence-electron chi connectivity index (χ0n) is 9.60. The van der Waals surface area contributed by atoms with Gasteiger partial charge in [0.1, 0.15) is 5.82 Å². The van der Waals surface area contributed by atoms with Crippen LogP contribution in [0.3, 0.4) is 0 Å². The molecule has 0 N–H and O–H groups in total. The molecule has 1 aromatic carbocycles. The van der Waals surface area contributed by atoms with Crippen LogP contribution >= 0.6 is 15.9 Å². The summed E-state index contributed by atoms with van der Waals surface area (Å²) in [5.41, 5.74) is 0.931. The van der Waals surface area contributed by atoms with Crippen molar-refractivity contribution in [3.05, 3.63) is 58.6 Å². The molecular weight excluding hydrogens is 299 g/mol. The molecule has 1 aromatic heterocycles. The fourth-order valence-electron chi connectivity index (χ4n) is 1.52. The minimum Gasteiger partial charge on any atom is -0.310 e. The maximum atomic E-state index is 13.4. The minimum atomic E-state index is -0.458. The van der Waals surface area contributed by atoms with Gasteiger partial charge in [0.2, 0.25) is 0 Å². The van der Waals surface area contributed by atoms with E-state index in [0.29, 0.717) is 5.69 Å². The zero-order chi connectivity index (χ0) is 13.1. The van der Waals surface area contributed by atoms with Crippen LogP contribution in [-0.2, 0) is 0 Å². The summed E-state index contributed by atoms with van der Waals surface area (Å²) in [6.07, 6.45) is 3.20. The predicted octanol–water partition coefficient (Wildman–Crippen LogP) is 3.26. The number of carbonyl (C=O) groups is 1. The number of hydrogen-bond acceptors (Lipinski definition) is 2. The molecule has 1 amide bonds. The van der Waals surface area contributed by atoms with Gasteiger partial charge in [-0.05, 0) is 40.2 Å². The van der Waals surface area contributed by atoms with E-state index in [4.69, 9.17) is 0 Å². The third-order valence-electron chi connectivity index (χ3n) is 2.52. The predicted molar refractivity (Wildman–Crippen MR) is 71.1 cm³/mol. The molecule has 2 aromatic rings. The zero-order valence-corrected chi connectivity index (χ0v) is 11.2. The van der Waals surface area contributed by atoms with E-state index in [2.05, 4.69) is 20.9 Å². The summed E-state index contributed by atoms with van der Waals surface area (Å²) in [4.78, 5) is 17.6. The van der Waals surface area contributed by atoms with Crippen LogP contribution < -0.4 is 4.90 Å². The van der Waals surface area contributed by atoms with E-state index in [1.807, 2.05) is 0 Å². The lowest BCUT2D eigenvalue weighted by molar-refractivity contribution is 0.0991. The molecule has 3 nitrogen and oxygen atoms in total. The minimum absolute atomic E-state index is 0.172. The van der Waals surface area contributed by atoms with Crippen molar-refractivity contribution in [3.63, 3.8) is 0 Å². The molecule has 0 unspecified atom stereocenters. The first kappa shape index (κ1) is 12.7. The molecular formula is C13H10BrFN2O. The van der Waals surface area contributed by atoms with Crippen LogP contribution in [0.2, 0.25) is 0 Å². The maximum absolute atomic E-state index is 13.4. The van der Waals surface area contributed by atoms with Gasteiger partial charge in [0.25, 0.3) is 5.91 Å². The third kappa shape index (κ3) is 2.41. The van der Waals surface area contributed by atoms with E-state index in [0.717, 1.165) is 0 Å². The standard InChI is InChI=1S/C13H10BrFN2O/c1-17(9-4-3-7-16-8-9)13(18)10-5-2-6-11(15)12(10)14/h2-8H,1H3. The Labute approximate surface area is 112 Å². The first-order chi connectivity index (χ1) is 8.61. The Bertz CT molecular complexity index is 574. The Kier molecular flexibility index (Phi) is 3.72. The molecule has 0 saturated heterocycles. The van der Waals surface area contributed by atoms with Crippen molar-refractivity contribution < 1.29 is 9.18 Å². The van der Waals surface area contributed by atoms with Crippen molar-refractivity contribution in [1.82, 2.24) is 4.98 Å². The molecule has 92 valence electrons. The van der Waals surface area contributed by atoms with Gasteiger partial charge < -0.3 is 4.90 Å². The fraction of sp³-hybridized carbons (Fsp3) is 0.0769. The molecule has 2 rings (SSSR count). The number of halogens is 2. The Hall–Kier alpha value is -1.75. The van der Waals surface area contributed by atoms with E-state index in [-0.39, 0.29) is 15.9 Å². The van der Waals surface area contributed by atoms with Crippen LogP contribution in [0.25, 0.3) is 0 Å². The number of rotatable bonds is 2. The van der Waals surface area contributed by atoms with Crippen LogP contribution in [0.5, 0.6) is 0 Å². The normalized spacial score (nSPS) is 10.2. The van der Waals surface area contributed by atoms with E-state index < -0.39 is 5.82 Å². The topological polar surface area (TPSA) is 33.2 Å². The summed E-state index contributed by atoms with van der Waals surface area (Å²) in [5, 5.41) is 0. The van der Waals surface area contributed by atoms with Gasteiger partial charge in [0.15, 0.2) is 0 Å². The lowest BCUT2D eigenvalue weighted by Crippen LogP contribution is -2.26. The van der Waals surface area contributed by atoms with Crippen LogP contribution in [0.1, 0.15) is 10.4 Å². The smallest absolute Gasteiger partial charge is 0.259 e. The van der Waals surface area contributed by atoms with Crippen molar-refractivity contribution in [3.8, 4) is 0 Å². The number of aromatic nitrogens is 1. The van der Waals surface area contributed by atoms with Gasteiger partial charge >= 0.3 is 0 Å². The summed E-state index contributed by atoms with van der Waals surface area (Å²) in [7, 11) is 1.62. The lowest BCUT2D eigenvalue weighted by Gasteiger charge is -2.17. The number of benzene rings is 1. The highest BCUT2D eigenvalue weighted by Crippen LogP contribution is 2.23. The van der Waals surface area contributed by atoms with Gasteiger partial charge in [-0.25, -0.2) is 4.39 Å². The average molecular weight is 309 g/mol. The van der Waals surface area contributed by atoms with Crippen molar-refractivity contribution in [2.24, 2.45) is 0 Å². The number of carbonyl (C=O) groups excluding carboxylic acids is 1. The highest BCUT2D eigenvalue weighted by Gasteiger charge is 2.18. The van der Waals surface area contributed by atoms with E-state index >= 15 is 0 Å². The van der Waals surface area contributed by atoms with Crippen molar-refractivity contribution in [2.45, 2.75) is 0 Å². The highest BCUT2D eigenvalue weighted by atomic mass is 79.9. The van der Waals surface area contributed by atoms with Gasteiger partial charge in [-0.3, -0.25) is 9.78 Å². The average Bonchev–Trinajstić information content (AvgIpc) is 2.41. The van der Waals surface area contributed by atoms with E-state index in [9.17, 15) is 9.18 Å². The Morgan fingerprint density at radius 3 is 2.78 bits per heavy atom. The van der Waals surface area contributed by atoms with E-state index in [1.165, 1.54) is 17.0 Å². The summed E-state index contributed by atoms with van der Waals surface area (Å²) in [6, 6.07) is 7.87. The van der Waals surface area contributed by atoms with Crippen LogP contribution in [0.4, 0.5) is 10.1 Å². The molecule has 0 fully saturated rings. The molecule has 18 heavy (non-hydrogen) atoms. The van der Waals surface area contributed by atoms with Crippen LogP contribution in [-0.4, -0.2) is 17.9 Å². The molecule has 0 bridgehead atoms. The van der Waals surface area contributed by atoms with Crippen molar-refractivity contribution in [2.75, 3.05) is 11.9 Å². The molecule has 0 spiro atoms. The first-order valence-electron chi connectivity index (χ1n) is 5.23. The maximum Gasteiger partial charge on any atom is 0.259 e. The molecule has 0 radical (unpaired) electrons. The second-order valence-corrected chi connectivity index (χ2v) is 4.47. The van der Waals surface area contributed by atoms with E-state index in [1.54, 1.807) is 37.6 Å². The Balaban J connectivity index is 2.35. The number of pyridine rings is 1. The summed E-state index contributed by atoms with van der Waals surface area (Å²) in [5.74, 6) is -0.755. The number of anilines is 1. The largest absolute Gasteiger partial charge is 0.310 e. The summed E-state index contributed by atoms with van der Waals surface area (Å²) in [6.45, 7) is 0.